The molecule has 0 rings (SSSR count). The van der Waals surface area contributed by atoms with Gasteiger partial charge in [0.25, 0.3) is 0 Å². The summed E-state index contributed by atoms with van der Waals surface area (Å²) < 4.78 is 0. The van der Waals surface area contributed by atoms with E-state index in [2.05, 4.69) is 13.2 Å². The van der Waals surface area contributed by atoms with Crippen LogP contribution in [0.4, 0.5) is 0 Å². The quantitative estimate of drug-likeness (QED) is 0.513. The first kappa shape index (κ1) is 6.44. The van der Waals surface area contributed by atoms with Crippen LogP contribution in [0.1, 0.15) is 6.92 Å². The fraction of sp³-hybridized carbons (Fsp3) is 0.333. The van der Waals surface area contributed by atoms with Crippen LogP contribution in [-0.4, -0.2) is 11.2 Å². The second-order valence-corrected chi connectivity index (χ2v) is 1.46. The zero-order chi connectivity index (χ0) is 5.86. The van der Waals surface area contributed by atoms with Crippen molar-refractivity contribution in [2.45, 2.75) is 13.0 Å². The highest BCUT2D eigenvalue weighted by Crippen LogP contribution is 1.96. The molecule has 1 N–H and O–H groups in total. The van der Waals surface area contributed by atoms with E-state index in [0.717, 1.165) is 0 Å². The molecule has 0 unspecified atom stereocenters. The summed E-state index contributed by atoms with van der Waals surface area (Å²) in [6, 6.07) is 0. The summed E-state index contributed by atoms with van der Waals surface area (Å²) in [6.45, 7) is 8.58. The van der Waals surface area contributed by atoms with Crippen molar-refractivity contribution in [3.8, 4) is 0 Å². The standard InChI is InChI=1S/C6H10O/c1-4-5(2)6(3)7/h4,6-7H,1-2H2,3H3/t6-/m1/s1. The molecule has 0 saturated heterocycles. The highest BCUT2D eigenvalue weighted by molar-refractivity contribution is 5.14. The van der Waals surface area contributed by atoms with Gasteiger partial charge in [-0.25, -0.2) is 0 Å². The van der Waals surface area contributed by atoms with Gasteiger partial charge in [-0.05, 0) is 12.5 Å². The second kappa shape index (κ2) is 2.59. The number of rotatable bonds is 2. The number of hydrogen-bond acceptors (Lipinski definition) is 1. The molecule has 0 aliphatic carbocycles. The molecular formula is C6H10O. The second-order valence-electron chi connectivity index (χ2n) is 1.46. The van der Waals surface area contributed by atoms with Crippen molar-refractivity contribution in [3.05, 3.63) is 24.8 Å². The summed E-state index contributed by atoms with van der Waals surface area (Å²) in [5.74, 6) is 0. The molecule has 0 aliphatic rings. The molecule has 0 amide bonds. The van der Waals surface area contributed by atoms with Gasteiger partial charge in [-0.3, -0.25) is 0 Å². The lowest BCUT2D eigenvalue weighted by Gasteiger charge is -1.98. The van der Waals surface area contributed by atoms with Crippen LogP contribution in [0.25, 0.3) is 0 Å². The largest absolute Gasteiger partial charge is 0.389 e. The van der Waals surface area contributed by atoms with Gasteiger partial charge in [0.2, 0.25) is 0 Å². The third-order valence-electron chi connectivity index (χ3n) is 0.799. The number of aliphatic hydroxyl groups excluding tert-OH is 1. The van der Waals surface area contributed by atoms with Gasteiger partial charge in [0, 0.05) is 0 Å². The molecule has 40 valence electrons. The Morgan fingerprint density at radius 2 is 2.29 bits per heavy atom. The molecule has 7 heavy (non-hydrogen) atoms. The smallest absolute Gasteiger partial charge is 0.0756 e. The van der Waals surface area contributed by atoms with Gasteiger partial charge < -0.3 is 5.11 Å². The highest BCUT2D eigenvalue weighted by atomic mass is 16.3. The third-order valence-corrected chi connectivity index (χ3v) is 0.799. The maximum atomic E-state index is 8.65. The van der Waals surface area contributed by atoms with Crippen LogP contribution in [0, 0.1) is 0 Å². The Bertz CT molecular complexity index is 82.2. The average Bonchev–Trinajstić information content (AvgIpc) is 1.65. The van der Waals surface area contributed by atoms with Crippen molar-refractivity contribution in [2.24, 2.45) is 0 Å². The Hall–Kier alpha value is -0.560. The molecule has 0 aromatic rings. The van der Waals surface area contributed by atoms with Gasteiger partial charge in [-0.2, -0.15) is 0 Å². The Morgan fingerprint density at radius 1 is 1.86 bits per heavy atom. The van der Waals surface area contributed by atoms with Crippen molar-refractivity contribution in [1.82, 2.24) is 0 Å². The normalized spacial score (nSPS) is 12.9. The van der Waals surface area contributed by atoms with E-state index in [1.807, 2.05) is 0 Å². The zero-order valence-corrected chi connectivity index (χ0v) is 4.52. The van der Waals surface area contributed by atoms with Crippen LogP contribution in [-0.2, 0) is 0 Å². The molecule has 0 bridgehead atoms. The maximum absolute atomic E-state index is 8.65. The summed E-state index contributed by atoms with van der Waals surface area (Å²) >= 11 is 0. The summed E-state index contributed by atoms with van der Waals surface area (Å²) in [5.41, 5.74) is 0.667. The molecule has 0 fully saturated rings. The minimum absolute atomic E-state index is 0.447. The van der Waals surface area contributed by atoms with E-state index in [0.29, 0.717) is 5.57 Å². The first-order valence-electron chi connectivity index (χ1n) is 2.17. The average molecular weight is 98.1 g/mol. The van der Waals surface area contributed by atoms with Crippen LogP contribution in [0.15, 0.2) is 24.8 Å². The number of aliphatic hydroxyl groups is 1. The molecule has 1 heteroatoms. The van der Waals surface area contributed by atoms with Crippen LogP contribution in [0.3, 0.4) is 0 Å². The van der Waals surface area contributed by atoms with E-state index in [1.54, 1.807) is 13.0 Å². The van der Waals surface area contributed by atoms with Gasteiger partial charge in [0.1, 0.15) is 0 Å². The molecule has 0 aliphatic heterocycles. The van der Waals surface area contributed by atoms with Crippen molar-refractivity contribution < 1.29 is 5.11 Å². The fourth-order valence-electron chi connectivity index (χ4n) is 0.171. The Kier molecular flexibility index (Phi) is 2.38. The van der Waals surface area contributed by atoms with E-state index in [1.165, 1.54) is 0 Å². The first-order valence-corrected chi connectivity index (χ1v) is 2.17. The molecule has 1 nitrogen and oxygen atoms in total. The van der Waals surface area contributed by atoms with Crippen LogP contribution in [0.2, 0.25) is 0 Å². The summed E-state index contributed by atoms with van der Waals surface area (Å²) in [5, 5.41) is 8.65. The van der Waals surface area contributed by atoms with Gasteiger partial charge in [0.15, 0.2) is 0 Å². The highest BCUT2D eigenvalue weighted by Gasteiger charge is 1.92. The van der Waals surface area contributed by atoms with E-state index >= 15 is 0 Å². The van der Waals surface area contributed by atoms with Crippen LogP contribution < -0.4 is 0 Å². The zero-order valence-electron chi connectivity index (χ0n) is 4.52. The van der Waals surface area contributed by atoms with Crippen LogP contribution >= 0.6 is 0 Å². The lowest BCUT2D eigenvalue weighted by atomic mass is 10.2. The fourth-order valence-corrected chi connectivity index (χ4v) is 0.171. The molecule has 0 spiro atoms. The molecular weight excluding hydrogens is 88.1 g/mol. The Labute approximate surface area is 44.0 Å². The Balaban J connectivity index is 3.56. The first-order chi connectivity index (χ1) is 3.18. The minimum atomic E-state index is -0.447. The van der Waals surface area contributed by atoms with E-state index in [4.69, 9.17) is 5.11 Å². The predicted molar refractivity (Wildman–Crippen MR) is 31.0 cm³/mol. The monoisotopic (exact) mass is 98.1 g/mol. The third kappa shape index (κ3) is 2.18. The molecule has 0 aromatic heterocycles. The van der Waals surface area contributed by atoms with Gasteiger partial charge in [-0.15, -0.1) is 0 Å². The minimum Gasteiger partial charge on any atom is -0.389 e. The van der Waals surface area contributed by atoms with E-state index < -0.39 is 6.10 Å². The van der Waals surface area contributed by atoms with Crippen molar-refractivity contribution >= 4 is 0 Å². The molecule has 0 radical (unpaired) electrons. The predicted octanol–water partition coefficient (Wildman–Crippen LogP) is 1.11. The van der Waals surface area contributed by atoms with Gasteiger partial charge >= 0.3 is 0 Å². The summed E-state index contributed by atoms with van der Waals surface area (Å²) in [6.07, 6.45) is 1.10. The SMILES string of the molecule is C=CC(=C)[C@@H](C)O. The van der Waals surface area contributed by atoms with Crippen LogP contribution in [0.5, 0.6) is 0 Å². The molecule has 1 atom stereocenters. The summed E-state index contributed by atoms with van der Waals surface area (Å²) in [7, 11) is 0. The van der Waals surface area contributed by atoms with Crippen molar-refractivity contribution in [1.29, 1.82) is 0 Å². The van der Waals surface area contributed by atoms with Gasteiger partial charge in [-0.1, -0.05) is 19.2 Å². The van der Waals surface area contributed by atoms with Crippen molar-refractivity contribution in [2.75, 3.05) is 0 Å². The lowest BCUT2D eigenvalue weighted by Crippen LogP contribution is -1.99. The molecule has 0 saturated carbocycles. The van der Waals surface area contributed by atoms with Gasteiger partial charge in [0.05, 0.1) is 6.10 Å². The number of hydrogen-bond donors (Lipinski definition) is 1. The van der Waals surface area contributed by atoms with E-state index in [9.17, 15) is 0 Å². The molecule has 0 heterocycles. The molecule has 0 aromatic carbocycles. The lowest BCUT2D eigenvalue weighted by molar-refractivity contribution is 0.236. The maximum Gasteiger partial charge on any atom is 0.0756 e. The van der Waals surface area contributed by atoms with E-state index in [-0.39, 0.29) is 0 Å². The van der Waals surface area contributed by atoms with Crippen molar-refractivity contribution in [3.63, 3.8) is 0 Å². The topological polar surface area (TPSA) is 20.2 Å². The Morgan fingerprint density at radius 3 is 2.29 bits per heavy atom. The summed E-state index contributed by atoms with van der Waals surface area (Å²) in [4.78, 5) is 0.